The van der Waals surface area contributed by atoms with E-state index < -0.39 is 11.0 Å². The Hall–Kier alpha value is -3.36. The maximum atomic E-state index is 11.4. The smallest absolute Gasteiger partial charge is 0.358 e. The molecule has 2 aromatic rings. The Morgan fingerprint density at radius 3 is 2.36 bits per heavy atom. The summed E-state index contributed by atoms with van der Waals surface area (Å²) in [6.45, 7) is 4.31. The molecule has 1 aromatic carbocycles. The van der Waals surface area contributed by atoms with Crippen LogP contribution in [0.1, 0.15) is 47.0 Å². The van der Waals surface area contributed by atoms with Gasteiger partial charge in [-0.3, -0.25) is 4.79 Å². The van der Waals surface area contributed by atoms with Crippen LogP contribution in [0.4, 0.5) is 5.69 Å². The molecule has 1 saturated heterocycles. The number of benzene rings is 1. The molecule has 9 nitrogen and oxygen atoms in total. The number of carboxylic acids is 1. The molecule has 0 bridgehead atoms. The van der Waals surface area contributed by atoms with Crippen molar-refractivity contribution in [2.24, 2.45) is 11.7 Å². The first-order valence-electron chi connectivity index (χ1n) is 9.04. The number of primary amides is 1. The molecule has 0 radical (unpaired) electrons. The first-order chi connectivity index (χ1) is 13.3. The summed E-state index contributed by atoms with van der Waals surface area (Å²) in [5.41, 5.74) is 6.69. The molecule has 1 amide bonds. The number of nitro groups is 1. The van der Waals surface area contributed by atoms with Crippen LogP contribution >= 0.6 is 0 Å². The summed E-state index contributed by atoms with van der Waals surface area (Å²) in [5.74, 6) is -0.808. The number of carbonyl (C=O) groups is 2. The molecule has 1 fully saturated rings. The van der Waals surface area contributed by atoms with Crippen LogP contribution in [-0.2, 0) is 0 Å². The lowest BCUT2D eigenvalue weighted by Gasteiger charge is -2.34. The van der Waals surface area contributed by atoms with Gasteiger partial charge in [0.15, 0.2) is 10.7 Å². The zero-order valence-corrected chi connectivity index (χ0v) is 15.7. The van der Waals surface area contributed by atoms with Gasteiger partial charge < -0.3 is 15.7 Å². The van der Waals surface area contributed by atoms with Crippen LogP contribution in [0.25, 0.3) is 0 Å². The zero-order chi connectivity index (χ0) is 20.7. The van der Waals surface area contributed by atoms with Gasteiger partial charge in [0, 0.05) is 18.8 Å². The number of anilines is 1. The lowest BCUT2D eigenvalue weighted by Crippen LogP contribution is -2.34. The third kappa shape index (κ3) is 5.09. The number of hydrogen-bond donors (Lipinski definition) is 2. The normalized spacial score (nSPS) is 14.1. The van der Waals surface area contributed by atoms with Gasteiger partial charge in [-0.05, 0) is 43.0 Å². The molecule has 150 valence electrons. The van der Waals surface area contributed by atoms with E-state index in [2.05, 4.69) is 11.8 Å². The fourth-order valence-electron chi connectivity index (χ4n) is 3.22. The van der Waals surface area contributed by atoms with E-state index in [1.165, 1.54) is 25.3 Å². The summed E-state index contributed by atoms with van der Waals surface area (Å²) < 4.78 is 0.447. The largest absolute Gasteiger partial charge is 0.476 e. The second-order valence-corrected chi connectivity index (χ2v) is 6.50. The fraction of sp³-hybridized carbons (Fsp3) is 0.368. The number of rotatable bonds is 5. The molecule has 1 aromatic heterocycles. The molecular formula is C19H24N4O5. The number of nitrogens with two attached hydrogens (primary N) is 1. The van der Waals surface area contributed by atoms with Crippen LogP contribution < -0.4 is 10.6 Å². The van der Waals surface area contributed by atoms with Gasteiger partial charge in [0.2, 0.25) is 0 Å². The molecule has 3 N–H and O–H groups in total. The summed E-state index contributed by atoms with van der Waals surface area (Å²) in [6.07, 6.45) is 4.75. The molecule has 0 atom stereocenters. The molecule has 0 aliphatic carbocycles. The van der Waals surface area contributed by atoms with Crippen LogP contribution in [0.3, 0.4) is 0 Å². The van der Waals surface area contributed by atoms with Gasteiger partial charge >= 0.3 is 5.97 Å². The lowest BCUT2D eigenvalue weighted by atomic mass is 9.94. The molecule has 0 spiro atoms. The monoisotopic (exact) mass is 388 g/mol. The predicted octanol–water partition coefficient (Wildman–Crippen LogP) is 2.64. The van der Waals surface area contributed by atoms with Crippen molar-refractivity contribution in [3.63, 3.8) is 0 Å². The van der Waals surface area contributed by atoms with Gasteiger partial charge in [-0.15, -0.1) is 0 Å². The molecular weight excluding hydrogens is 364 g/mol. The summed E-state index contributed by atoms with van der Waals surface area (Å²) in [7, 11) is 0. The van der Waals surface area contributed by atoms with E-state index >= 15 is 0 Å². The molecule has 28 heavy (non-hydrogen) atoms. The number of para-hydroxylation sites is 1. The number of carbonyl (C=O) groups excluding carboxylic acids is 1. The molecule has 1 aliphatic heterocycles. The molecule has 0 unspecified atom stereocenters. The summed E-state index contributed by atoms with van der Waals surface area (Å²) >= 11 is 0. The van der Waals surface area contributed by atoms with Crippen LogP contribution in [0.2, 0.25) is 0 Å². The van der Waals surface area contributed by atoms with Gasteiger partial charge in [-0.2, -0.15) is 0 Å². The van der Waals surface area contributed by atoms with E-state index in [9.17, 15) is 19.7 Å². The number of amides is 1. The highest BCUT2D eigenvalue weighted by atomic mass is 16.7. The van der Waals surface area contributed by atoms with Gasteiger partial charge in [0.25, 0.3) is 5.91 Å². The number of piperidine rings is 1. The van der Waals surface area contributed by atoms with Crippen molar-refractivity contribution < 1.29 is 19.7 Å². The topological polar surface area (TPSA) is 132 Å². The van der Waals surface area contributed by atoms with Crippen LogP contribution in [0, 0.1) is 16.0 Å². The first-order valence-corrected chi connectivity index (χ1v) is 9.04. The van der Waals surface area contributed by atoms with E-state index in [-0.39, 0.29) is 11.6 Å². The Labute approximate surface area is 162 Å². The van der Waals surface area contributed by atoms with E-state index in [1.807, 2.05) is 24.3 Å². The van der Waals surface area contributed by atoms with Gasteiger partial charge in [0.1, 0.15) is 0 Å². The minimum absolute atomic E-state index is 0.335. The highest BCUT2D eigenvalue weighted by Crippen LogP contribution is 2.27. The Morgan fingerprint density at radius 1 is 1.21 bits per heavy atom. The Balaban J connectivity index is 0.000000221. The number of aromatic carboxylic acids is 1. The molecule has 9 heteroatoms. The lowest BCUT2D eigenvalue weighted by molar-refractivity contribution is -0.542. The first kappa shape index (κ1) is 20.9. The van der Waals surface area contributed by atoms with Crippen molar-refractivity contribution in [2.45, 2.75) is 26.2 Å². The summed E-state index contributed by atoms with van der Waals surface area (Å²) in [4.78, 5) is 34.0. The maximum absolute atomic E-state index is 11.4. The highest BCUT2D eigenvalue weighted by Gasteiger charge is 2.20. The fourth-order valence-corrected chi connectivity index (χ4v) is 3.22. The van der Waals surface area contributed by atoms with Crippen LogP contribution in [0.5, 0.6) is 0 Å². The van der Waals surface area contributed by atoms with E-state index in [0.717, 1.165) is 37.0 Å². The highest BCUT2D eigenvalue weighted by molar-refractivity contribution is 5.98. The Morgan fingerprint density at radius 2 is 1.86 bits per heavy atom. The van der Waals surface area contributed by atoms with Crippen molar-refractivity contribution in [2.75, 3.05) is 18.0 Å². The standard InChI is InChI=1S/C14H20N2O.C5H4N2O4/c1-2-11-7-9-16(10-8-11)13-6-4-3-5-12(13)14(15)17;8-5(9)4-2-1-3-6(4)7(10)11/h3-6,11H,2,7-10H2,1H3,(H2,15,17);1-3H,(H,8,9). The van der Waals surface area contributed by atoms with Gasteiger partial charge in [-0.25, -0.2) is 14.9 Å². The van der Waals surface area contributed by atoms with Gasteiger partial charge in [0.05, 0.1) is 11.8 Å². The molecule has 1 aliphatic rings. The van der Waals surface area contributed by atoms with Gasteiger partial charge in [-0.1, -0.05) is 30.2 Å². The summed E-state index contributed by atoms with van der Waals surface area (Å²) in [5, 5.41) is 17.7. The molecule has 3 rings (SSSR count). The zero-order valence-electron chi connectivity index (χ0n) is 15.7. The summed E-state index contributed by atoms with van der Waals surface area (Å²) in [6, 6.07) is 10.1. The number of nitrogens with zero attached hydrogens (tertiary/aromatic N) is 3. The Kier molecular flexibility index (Phi) is 7.14. The third-order valence-corrected chi connectivity index (χ3v) is 4.83. The molecule has 2 heterocycles. The van der Waals surface area contributed by atoms with Crippen LogP contribution in [0.15, 0.2) is 42.6 Å². The quantitative estimate of drug-likeness (QED) is 0.598. The van der Waals surface area contributed by atoms with Crippen molar-refractivity contribution >= 4 is 17.6 Å². The average molecular weight is 388 g/mol. The van der Waals surface area contributed by atoms with E-state index in [4.69, 9.17) is 10.8 Å². The predicted molar refractivity (Wildman–Crippen MR) is 104 cm³/mol. The number of carboxylic acid groups (broad SMARTS) is 1. The minimum atomic E-state index is -1.31. The number of hydrogen-bond acceptors (Lipinski definition) is 5. The minimum Gasteiger partial charge on any atom is -0.476 e. The number of aromatic nitrogens is 1. The van der Waals surface area contributed by atoms with E-state index in [1.54, 1.807) is 0 Å². The second-order valence-electron chi connectivity index (χ2n) is 6.50. The van der Waals surface area contributed by atoms with Crippen molar-refractivity contribution in [1.29, 1.82) is 0 Å². The van der Waals surface area contributed by atoms with Crippen molar-refractivity contribution in [3.8, 4) is 0 Å². The Bertz CT molecular complexity index is 812. The van der Waals surface area contributed by atoms with Crippen LogP contribution in [-0.4, -0.2) is 39.8 Å². The van der Waals surface area contributed by atoms with Crippen molar-refractivity contribution in [3.05, 3.63) is 64.0 Å². The second kappa shape index (κ2) is 9.54. The maximum Gasteiger partial charge on any atom is 0.358 e. The third-order valence-electron chi connectivity index (χ3n) is 4.83. The average Bonchev–Trinajstić information content (AvgIpc) is 3.19. The SMILES string of the molecule is CCC1CCN(c2ccccc2C(N)=O)CC1.O=C(O)c1cccn1[N+](=O)[O-]. The van der Waals surface area contributed by atoms with E-state index in [0.29, 0.717) is 10.2 Å². The molecule has 0 saturated carbocycles. The van der Waals surface area contributed by atoms with Crippen molar-refractivity contribution in [1.82, 2.24) is 4.68 Å².